The summed E-state index contributed by atoms with van der Waals surface area (Å²) >= 11 is 11.2. The number of aromatic amines is 1. The molecular formula is C17H15ClN4O2S. The fraction of sp³-hybridized carbons (Fsp3) is 0.118. The van der Waals surface area contributed by atoms with Crippen molar-refractivity contribution in [2.45, 2.75) is 0 Å². The molecule has 0 saturated heterocycles. The molecular weight excluding hydrogens is 360 g/mol. The lowest BCUT2D eigenvalue weighted by Crippen LogP contribution is -1.98. The van der Waals surface area contributed by atoms with Crippen molar-refractivity contribution < 1.29 is 9.47 Å². The number of aromatic nitrogens is 3. The molecule has 0 bridgehead atoms. The topological polar surface area (TPSA) is 64.4 Å². The summed E-state index contributed by atoms with van der Waals surface area (Å²) in [5.74, 6) is 1.80. The Morgan fingerprint density at radius 2 is 1.92 bits per heavy atom. The van der Waals surface area contributed by atoms with Gasteiger partial charge in [0, 0.05) is 16.1 Å². The Morgan fingerprint density at radius 1 is 1.16 bits per heavy atom. The third kappa shape index (κ3) is 3.57. The van der Waals surface area contributed by atoms with Gasteiger partial charge in [-0.05, 0) is 48.6 Å². The molecule has 0 unspecified atom stereocenters. The lowest BCUT2D eigenvalue weighted by molar-refractivity contribution is 0.354. The lowest BCUT2D eigenvalue weighted by Gasteiger charge is -2.09. The van der Waals surface area contributed by atoms with Crippen LogP contribution in [0.25, 0.3) is 11.4 Å². The second-order valence-electron chi connectivity index (χ2n) is 5.00. The van der Waals surface area contributed by atoms with Gasteiger partial charge in [0.25, 0.3) is 0 Å². The zero-order valence-corrected chi connectivity index (χ0v) is 15.1. The monoisotopic (exact) mass is 374 g/mol. The van der Waals surface area contributed by atoms with Crippen LogP contribution >= 0.6 is 23.8 Å². The molecule has 0 aliphatic heterocycles. The molecule has 1 heterocycles. The number of nitrogens with one attached hydrogen (secondary N) is 1. The highest BCUT2D eigenvalue weighted by atomic mass is 35.5. The van der Waals surface area contributed by atoms with E-state index in [-0.39, 0.29) is 0 Å². The van der Waals surface area contributed by atoms with Crippen LogP contribution in [0, 0.1) is 4.77 Å². The van der Waals surface area contributed by atoms with Crippen LogP contribution in [0.3, 0.4) is 0 Å². The Kier molecular flexibility index (Phi) is 5.16. The van der Waals surface area contributed by atoms with Crippen molar-refractivity contribution in [2.75, 3.05) is 14.2 Å². The van der Waals surface area contributed by atoms with E-state index in [2.05, 4.69) is 15.3 Å². The second-order valence-corrected chi connectivity index (χ2v) is 5.82. The van der Waals surface area contributed by atoms with Crippen molar-refractivity contribution in [1.82, 2.24) is 14.9 Å². The maximum absolute atomic E-state index is 5.94. The number of nitrogens with zero attached hydrogens (tertiary/aromatic N) is 3. The van der Waals surface area contributed by atoms with E-state index in [4.69, 9.17) is 33.3 Å². The first kappa shape index (κ1) is 17.2. The SMILES string of the molecule is COc1cccc(/C=N/n2c(-c3ccc(Cl)cc3)n[nH]c2=S)c1OC. The first-order valence-corrected chi connectivity index (χ1v) is 8.11. The third-order valence-electron chi connectivity index (χ3n) is 3.50. The van der Waals surface area contributed by atoms with Crippen molar-refractivity contribution in [1.29, 1.82) is 0 Å². The highest BCUT2D eigenvalue weighted by Crippen LogP contribution is 2.29. The van der Waals surface area contributed by atoms with Gasteiger partial charge in [-0.2, -0.15) is 14.9 Å². The van der Waals surface area contributed by atoms with Crippen molar-refractivity contribution in [2.24, 2.45) is 5.10 Å². The quantitative estimate of drug-likeness (QED) is 0.538. The molecule has 0 aliphatic rings. The Hall–Kier alpha value is -2.64. The number of para-hydroxylation sites is 1. The van der Waals surface area contributed by atoms with E-state index < -0.39 is 0 Å². The number of H-pyrrole nitrogens is 1. The molecule has 25 heavy (non-hydrogen) atoms. The predicted octanol–water partition coefficient (Wildman–Crippen LogP) is 4.16. The number of benzene rings is 2. The summed E-state index contributed by atoms with van der Waals surface area (Å²) in [4.78, 5) is 0. The minimum absolute atomic E-state index is 0.378. The summed E-state index contributed by atoms with van der Waals surface area (Å²) in [5.41, 5.74) is 1.60. The van der Waals surface area contributed by atoms with Gasteiger partial charge in [-0.25, -0.2) is 5.10 Å². The van der Waals surface area contributed by atoms with Crippen LogP contribution in [0.4, 0.5) is 0 Å². The summed E-state index contributed by atoms with van der Waals surface area (Å²) in [7, 11) is 3.17. The first-order chi connectivity index (χ1) is 12.1. The molecule has 3 rings (SSSR count). The van der Waals surface area contributed by atoms with E-state index in [1.807, 2.05) is 30.3 Å². The molecule has 1 N–H and O–H groups in total. The van der Waals surface area contributed by atoms with Crippen molar-refractivity contribution in [3.63, 3.8) is 0 Å². The van der Waals surface area contributed by atoms with Gasteiger partial charge in [0.05, 0.1) is 20.4 Å². The normalized spacial score (nSPS) is 11.0. The van der Waals surface area contributed by atoms with Gasteiger partial charge in [-0.1, -0.05) is 17.7 Å². The Bertz CT molecular complexity index is 964. The standard InChI is InChI=1S/C17H15ClN4O2S/c1-23-14-5-3-4-12(15(14)24-2)10-19-22-16(20-21-17(22)25)11-6-8-13(18)9-7-11/h3-10H,1-2H3,(H,21,25)/b19-10+. The molecule has 0 atom stereocenters. The number of rotatable bonds is 5. The molecule has 0 fully saturated rings. The molecule has 1 aromatic heterocycles. The molecule has 3 aromatic rings. The van der Waals surface area contributed by atoms with Crippen LogP contribution in [0.1, 0.15) is 5.56 Å². The highest BCUT2D eigenvalue weighted by molar-refractivity contribution is 7.71. The molecule has 0 aliphatic carbocycles. The number of ether oxygens (including phenoxy) is 2. The van der Waals surface area contributed by atoms with Gasteiger partial charge in [0.2, 0.25) is 4.77 Å². The van der Waals surface area contributed by atoms with E-state index in [0.29, 0.717) is 27.1 Å². The number of methoxy groups -OCH3 is 2. The first-order valence-electron chi connectivity index (χ1n) is 7.32. The second kappa shape index (κ2) is 7.50. The van der Waals surface area contributed by atoms with Crippen LogP contribution in [0.15, 0.2) is 47.6 Å². The van der Waals surface area contributed by atoms with Crippen molar-refractivity contribution in [3.8, 4) is 22.9 Å². The summed E-state index contributed by atoms with van der Waals surface area (Å²) in [6, 6.07) is 12.8. The minimum Gasteiger partial charge on any atom is -0.493 e. The molecule has 0 saturated carbocycles. The van der Waals surface area contributed by atoms with Crippen molar-refractivity contribution in [3.05, 3.63) is 57.8 Å². The molecule has 8 heteroatoms. The van der Waals surface area contributed by atoms with Gasteiger partial charge < -0.3 is 9.47 Å². The minimum atomic E-state index is 0.378. The summed E-state index contributed by atoms with van der Waals surface area (Å²) in [6.07, 6.45) is 1.64. The van der Waals surface area contributed by atoms with Crippen LogP contribution in [-0.2, 0) is 0 Å². The Morgan fingerprint density at radius 3 is 2.60 bits per heavy atom. The summed E-state index contributed by atoms with van der Waals surface area (Å²) in [5, 5.41) is 12.1. The maximum atomic E-state index is 5.94. The van der Waals surface area contributed by atoms with E-state index in [1.165, 1.54) is 4.68 Å². The van der Waals surface area contributed by atoms with Crippen molar-refractivity contribution >= 4 is 30.0 Å². The fourth-order valence-electron chi connectivity index (χ4n) is 2.32. The van der Waals surface area contributed by atoms with Crippen LogP contribution in [0.5, 0.6) is 11.5 Å². The smallest absolute Gasteiger partial charge is 0.216 e. The number of hydrogen-bond donors (Lipinski definition) is 1. The summed E-state index contributed by atoms with van der Waals surface area (Å²) in [6.45, 7) is 0. The fourth-order valence-corrected chi connectivity index (χ4v) is 2.62. The molecule has 2 aromatic carbocycles. The lowest BCUT2D eigenvalue weighted by atomic mass is 10.2. The zero-order valence-electron chi connectivity index (χ0n) is 13.6. The zero-order chi connectivity index (χ0) is 17.8. The van der Waals surface area contributed by atoms with Gasteiger partial charge in [0.1, 0.15) is 0 Å². The number of halogens is 1. The highest BCUT2D eigenvalue weighted by Gasteiger charge is 2.10. The predicted molar refractivity (Wildman–Crippen MR) is 100 cm³/mol. The van der Waals surface area contributed by atoms with Crippen LogP contribution in [-0.4, -0.2) is 35.3 Å². The molecule has 0 spiro atoms. The van der Waals surface area contributed by atoms with E-state index >= 15 is 0 Å². The van der Waals surface area contributed by atoms with E-state index in [9.17, 15) is 0 Å². The van der Waals surface area contributed by atoms with E-state index in [0.717, 1.165) is 11.1 Å². The average Bonchev–Trinajstić information content (AvgIpc) is 3.00. The Balaban J connectivity index is 2.02. The molecule has 0 radical (unpaired) electrons. The molecule has 0 amide bonds. The number of hydrogen-bond acceptors (Lipinski definition) is 5. The van der Waals surface area contributed by atoms with Gasteiger partial charge in [-0.15, -0.1) is 0 Å². The Labute approximate surface area is 154 Å². The molecule has 128 valence electrons. The molecule has 6 nitrogen and oxygen atoms in total. The third-order valence-corrected chi connectivity index (χ3v) is 4.01. The average molecular weight is 375 g/mol. The van der Waals surface area contributed by atoms with E-state index in [1.54, 1.807) is 32.6 Å². The van der Waals surface area contributed by atoms with Gasteiger partial charge in [0.15, 0.2) is 17.3 Å². The largest absolute Gasteiger partial charge is 0.493 e. The van der Waals surface area contributed by atoms with Gasteiger partial charge in [-0.3, -0.25) is 0 Å². The van der Waals surface area contributed by atoms with Crippen LogP contribution in [0.2, 0.25) is 5.02 Å². The van der Waals surface area contributed by atoms with Crippen LogP contribution < -0.4 is 9.47 Å². The maximum Gasteiger partial charge on any atom is 0.216 e. The summed E-state index contributed by atoms with van der Waals surface area (Å²) < 4.78 is 12.6. The van der Waals surface area contributed by atoms with Gasteiger partial charge >= 0.3 is 0 Å².